The third-order valence-corrected chi connectivity index (χ3v) is 5.16. The molecule has 0 saturated carbocycles. The highest BCUT2D eigenvalue weighted by molar-refractivity contribution is 5.81. The standard InChI is InChI=1S/C17H24N4O2/c1-12-13-11-21(16(22)15-5-4-10-23-15)9-6-14(13)19-17(18-12)20-7-2-3-8-20/h15H,2-11H2,1H3/t15-/m0/s1. The van der Waals surface area contributed by atoms with Crippen LogP contribution in [0, 0.1) is 6.92 Å². The van der Waals surface area contributed by atoms with E-state index in [2.05, 4.69) is 4.90 Å². The first-order chi connectivity index (χ1) is 11.2. The Balaban J connectivity index is 1.54. The van der Waals surface area contributed by atoms with Gasteiger partial charge in [-0.3, -0.25) is 4.79 Å². The molecule has 1 aromatic rings. The maximum absolute atomic E-state index is 12.5. The Kier molecular flexibility index (Phi) is 3.93. The summed E-state index contributed by atoms with van der Waals surface area (Å²) < 4.78 is 5.54. The van der Waals surface area contributed by atoms with E-state index in [4.69, 9.17) is 14.7 Å². The number of aromatic nitrogens is 2. The number of hydrogen-bond acceptors (Lipinski definition) is 5. The molecule has 4 heterocycles. The molecular weight excluding hydrogens is 292 g/mol. The third kappa shape index (κ3) is 2.80. The van der Waals surface area contributed by atoms with Crippen LogP contribution in [-0.2, 0) is 22.5 Å². The van der Waals surface area contributed by atoms with Gasteiger partial charge in [-0.2, -0.15) is 0 Å². The smallest absolute Gasteiger partial charge is 0.252 e. The fraction of sp³-hybridized carbons (Fsp3) is 0.706. The third-order valence-electron chi connectivity index (χ3n) is 5.16. The van der Waals surface area contributed by atoms with Gasteiger partial charge in [-0.15, -0.1) is 0 Å². The van der Waals surface area contributed by atoms with Crippen molar-refractivity contribution in [2.45, 2.75) is 51.7 Å². The topological polar surface area (TPSA) is 58.6 Å². The van der Waals surface area contributed by atoms with Gasteiger partial charge in [0.1, 0.15) is 6.10 Å². The Morgan fingerprint density at radius 1 is 1.17 bits per heavy atom. The van der Waals surface area contributed by atoms with E-state index in [0.29, 0.717) is 13.2 Å². The molecule has 1 atom stereocenters. The zero-order valence-corrected chi connectivity index (χ0v) is 13.8. The van der Waals surface area contributed by atoms with Crippen LogP contribution >= 0.6 is 0 Å². The van der Waals surface area contributed by atoms with Crippen LogP contribution in [0.25, 0.3) is 0 Å². The van der Waals surface area contributed by atoms with Crippen molar-refractivity contribution in [3.8, 4) is 0 Å². The van der Waals surface area contributed by atoms with E-state index < -0.39 is 0 Å². The summed E-state index contributed by atoms with van der Waals surface area (Å²) in [6.45, 7) is 6.23. The fourth-order valence-corrected chi connectivity index (χ4v) is 3.79. The van der Waals surface area contributed by atoms with E-state index in [1.54, 1.807) is 0 Å². The van der Waals surface area contributed by atoms with Crippen LogP contribution in [0.1, 0.15) is 42.6 Å². The molecule has 1 aromatic heterocycles. The highest BCUT2D eigenvalue weighted by Crippen LogP contribution is 2.26. The van der Waals surface area contributed by atoms with Gasteiger partial charge in [0.25, 0.3) is 5.91 Å². The van der Waals surface area contributed by atoms with E-state index in [1.807, 2.05) is 11.8 Å². The molecular formula is C17H24N4O2. The van der Waals surface area contributed by atoms with E-state index in [9.17, 15) is 4.79 Å². The minimum Gasteiger partial charge on any atom is -0.368 e. The molecule has 0 bridgehead atoms. The quantitative estimate of drug-likeness (QED) is 0.826. The average Bonchev–Trinajstić information content (AvgIpc) is 3.27. The summed E-state index contributed by atoms with van der Waals surface area (Å²) in [6.07, 6.45) is 4.87. The molecule has 0 unspecified atom stereocenters. The van der Waals surface area contributed by atoms with Crippen LogP contribution in [-0.4, -0.2) is 53.1 Å². The van der Waals surface area contributed by atoms with Crippen LogP contribution in [0.5, 0.6) is 0 Å². The number of ether oxygens (including phenoxy) is 1. The van der Waals surface area contributed by atoms with Crippen molar-refractivity contribution in [1.29, 1.82) is 0 Å². The average molecular weight is 316 g/mol. The SMILES string of the molecule is Cc1nc(N2CCCC2)nc2c1CN(C(=O)[C@@H]1CCCO1)CC2. The predicted octanol–water partition coefficient (Wildman–Crippen LogP) is 1.45. The second-order valence-corrected chi connectivity index (χ2v) is 6.74. The zero-order valence-electron chi connectivity index (χ0n) is 13.8. The lowest BCUT2D eigenvalue weighted by atomic mass is 10.0. The monoisotopic (exact) mass is 316 g/mol. The number of fused-ring (bicyclic) bond motifs is 1. The molecule has 0 N–H and O–H groups in total. The zero-order chi connectivity index (χ0) is 15.8. The Bertz CT molecular complexity index is 607. The summed E-state index contributed by atoms with van der Waals surface area (Å²) in [5, 5.41) is 0. The molecule has 6 heteroatoms. The number of carbonyl (C=O) groups excluding carboxylic acids is 1. The van der Waals surface area contributed by atoms with Crippen LogP contribution in [0.2, 0.25) is 0 Å². The van der Waals surface area contributed by atoms with Crippen molar-refractivity contribution in [2.75, 3.05) is 31.1 Å². The van der Waals surface area contributed by atoms with E-state index in [-0.39, 0.29) is 12.0 Å². The summed E-state index contributed by atoms with van der Waals surface area (Å²) >= 11 is 0. The van der Waals surface area contributed by atoms with Crippen molar-refractivity contribution in [3.05, 3.63) is 17.0 Å². The van der Waals surface area contributed by atoms with Gasteiger partial charge in [0, 0.05) is 50.5 Å². The number of anilines is 1. The highest BCUT2D eigenvalue weighted by Gasteiger charge is 2.31. The van der Waals surface area contributed by atoms with E-state index in [1.165, 1.54) is 12.8 Å². The molecule has 0 aliphatic carbocycles. The highest BCUT2D eigenvalue weighted by atomic mass is 16.5. The summed E-state index contributed by atoms with van der Waals surface area (Å²) in [5.74, 6) is 1.01. The summed E-state index contributed by atoms with van der Waals surface area (Å²) in [5.41, 5.74) is 3.27. The summed E-state index contributed by atoms with van der Waals surface area (Å²) in [4.78, 5) is 26.2. The molecule has 2 fully saturated rings. The Morgan fingerprint density at radius 3 is 2.74 bits per heavy atom. The number of aryl methyl sites for hydroxylation is 1. The van der Waals surface area contributed by atoms with Crippen LogP contribution in [0.3, 0.4) is 0 Å². The molecule has 2 saturated heterocycles. The van der Waals surface area contributed by atoms with Gasteiger partial charge in [-0.25, -0.2) is 9.97 Å². The van der Waals surface area contributed by atoms with E-state index >= 15 is 0 Å². The van der Waals surface area contributed by atoms with E-state index in [0.717, 1.165) is 61.8 Å². The Hall–Kier alpha value is -1.69. The molecule has 124 valence electrons. The molecule has 23 heavy (non-hydrogen) atoms. The number of hydrogen-bond donors (Lipinski definition) is 0. The van der Waals surface area contributed by atoms with Gasteiger partial charge in [-0.05, 0) is 32.6 Å². The molecule has 1 amide bonds. The van der Waals surface area contributed by atoms with Crippen molar-refractivity contribution in [1.82, 2.24) is 14.9 Å². The first kappa shape index (κ1) is 14.9. The number of carbonyl (C=O) groups is 1. The Morgan fingerprint density at radius 2 is 2.00 bits per heavy atom. The lowest BCUT2D eigenvalue weighted by molar-refractivity contribution is -0.141. The molecule has 4 rings (SSSR count). The number of amides is 1. The second-order valence-electron chi connectivity index (χ2n) is 6.74. The van der Waals surface area contributed by atoms with Gasteiger partial charge >= 0.3 is 0 Å². The minimum absolute atomic E-state index is 0.135. The predicted molar refractivity (Wildman–Crippen MR) is 86.3 cm³/mol. The lowest BCUT2D eigenvalue weighted by Gasteiger charge is -2.31. The summed E-state index contributed by atoms with van der Waals surface area (Å²) in [7, 11) is 0. The molecule has 0 spiro atoms. The number of rotatable bonds is 2. The van der Waals surface area contributed by atoms with Gasteiger partial charge in [0.15, 0.2) is 0 Å². The van der Waals surface area contributed by atoms with Crippen LogP contribution < -0.4 is 4.90 Å². The largest absolute Gasteiger partial charge is 0.368 e. The fourth-order valence-electron chi connectivity index (χ4n) is 3.79. The lowest BCUT2D eigenvalue weighted by Crippen LogP contribution is -2.42. The van der Waals surface area contributed by atoms with Crippen LogP contribution in [0.15, 0.2) is 0 Å². The van der Waals surface area contributed by atoms with Crippen LogP contribution in [0.4, 0.5) is 5.95 Å². The van der Waals surface area contributed by atoms with Gasteiger partial charge in [0.05, 0.1) is 5.69 Å². The first-order valence-corrected chi connectivity index (χ1v) is 8.74. The summed E-state index contributed by atoms with van der Waals surface area (Å²) in [6, 6.07) is 0. The van der Waals surface area contributed by atoms with Crippen molar-refractivity contribution in [2.24, 2.45) is 0 Å². The van der Waals surface area contributed by atoms with Gasteiger partial charge in [0.2, 0.25) is 5.95 Å². The molecule has 3 aliphatic heterocycles. The maximum Gasteiger partial charge on any atom is 0.252 e. The van der Waals surface area contributed by atoms with Gasteiger partial charge in [-0.1, -0.05) is 0 Å². The first-order valence-electron chi connectivity index (χ1n) is 8.74. The molecule has 3 aliphatic rings. The minimum atomic E-state index is -0.235. The van der Waals surface area contributed by atoms with Gasteiger partial charge < -0.3 is 14.5 Å². The second kappa shape index (κ2) is 6.07. The normalized spacial score (nSPS) is 24.1. The van der Waals surface area contributed by atoms with Crippen molar-refractivity contribution < 1.29 is 9.53 Å². The van der Waals surface area contributed by atoms with Crippen molar-refractivity contribution >= 4 is 11.9 Å². The maximum atomic E-state index is 12.5. The molecule has 0 aromatic carbocycles. The number of nitrogens with zero attached hydrogens (tertiary/aromatic N) is 4. The van der Waals surface area contributed by atoms with Crippen molar-refractivity contribution in [3.63, 3.8) is 0 Å². The Labute approximate surface area is 136 Å². The molecule has 0 radical (unpaired) electrons. The molecule has 6 nitrogen and oxygen atoms in total.